The molecule has 8 nitrogen and oxygen atoms in total. The molecule has 0 atom stereocenters. The Labute approximate surface area is 190 Å². The molecule has 1 aromatic carbocycles. The molecule has 0 aliphatic carbocycles. The van der Waals surface area contributed by atoms with Gasteiger partial charge in [0.05, 0.1) is 6.26 Å². The number of aryl methyl sites for hydroxylation is 1. The van der Waals surface area contributed by atoms with Crippen molar-refractivity contribution in [3.8, 4) is 5.75 Å². The van der Waals surface area contributed by atoms with Crippen molar-refractivity contribution in [2.75, 3.05) is 59.0 Å². The van der Waals surface area contributed by atoms with E-state index >= 15 is 0 Å². The summed E-state index contributed by atoms with van der Waals surface area (Å²) in [5.41, 5.74) is 0.848. The lowest BCUT2D eigenvalue weighted by Gasteiger charge is -2.36. The molecule has 8 heteroatoms. The maximum Gasteiger partial charge on any atom is 0.287 e. The Hall–Kier alpha value is -3.00. The highest BCUT2D eigenvalue weighted by Gasteiger charge is 2.19. The number of aliphatic imine (C=N–C) groups is 1. The van der Waals surface area contributed by atoms with E-state index in [1.165, 1.54) is 6.26 Å². The highest BCUT2D eigenvalue weighted by atomic mass is 16.5. The molecule has 0 bridgehead atoms. The smallest absolute Gasteiger partial charge is 0.287 e. The number of furan rings is 1. The Morgan fingerprint density at radius 2 is 1.91 bits per heavy atom. The van der Waals surface area contributed by atoms with Gasteiger partial charge in [-0.25, -0.2) is 0 Å². The summed E-state index contributed by atoms with van der Waals surface area (Å²) in [6.45, 7) is 11.5. The van der Waals surface area contributed by atoms with Gasteiger partial charge in [0.2, 0.25) is 0 Å². The van der Waals surface area contributed by atoms with Gasteiger partial charge in [-0.05, 0) is 38.5 Å². The molecule has 2 aromatic rings. The largest absolute Gasteiger partial charge is 0.492 e. The second-order valence-electron chi connectivity index (χ2n) is 7.77. The van der Waals surface area contributed by atoms with Crippen LogP contribution in [0.3, 0.4) is 0 Å². The lowest BCUT2D eigenvalue weighted by Crippen LogP contribution is -2.53. The van der Waals surface area contributed by atoms with Crippen LogP contribution in [0.5, 0.6) is 5.75 Å². The Morgan fingerprint density at radius 3 is 2.59 bits per heavy atom. The van der Waals surface area contributed by atoms with Gasteiger partial charge in [0, 0.05) is 57.9 Å². The van der Waals surface area contributed by atoms with Gasteiger partial charge >= 0.3 is 0 Å². The molecule has 1 aliphatic heterocycles. The third kappa shape index (κ3) is 7.30. The van der Waals surface area contributed by atoms with E-state index in [1.54, 1.807) is 6.07 Å². The van der Waals surface area contributed by atoms with Crippen LogP contribution in [-0.4, -0.2) is 80.6 Å². The second-order valence-corrected chi connectivity index (χ2v) is 7.77. The number of benzene rings is 1. The summed E-state index contributed by atoms with van der Waals surface area (Å²) in [5.74, 6) is 2.08. The zero-order valence-corrected chi connectivity index (χ0v) is 19.2. The number of amides is 1. The van der Waals surface area contributed by atoms with Crippen molar-refractivity contribution < 1.29 is 13.9 Å². The van der Waals surface area contributed by atoms with Gasteiger partial charge in [-0.3, -0.25) is 14.7 Å². The Bertz CT molecular complexity index is 844. The SMILES string of the molecule is CCNC(=NCCCNC(=O)c1occc1C)N1CCN(CCOc2ccccc2)CC1. The number of nitrogens with one attached hydrogen (secondary N) is 2. The molecular formula is C24H35N5O3. The van der Waals surface area contributed by atoms with E-state index in [1.807, 2.05) is 37.3 Å². The van der Waals surface area contributed by atoms with Crippen molar-refractivity contribution in [2.24, 2.45) is 4.99 Å². The predicted octanol–water partition coefficient (Wildman–Crippen LogP) is 2.37. The van der Waals surface area contributed by atoms with Crippen LogP contribution in [0, 0.1) is 6.92 Å². The first-order valence-electron chi connectivity index (χ1n) is 11.4. The van der Waals surface area contributed by atoms with Gasteiger partial charge < -0.3 is 24.7 Å². The minimum Gasteiger partial charge on any atom is -0.492 e. The predicted molar refractivity (Wildman–Crippen MR) is 126 cm³/mol. The first kappa shape index (κ1) is 23.7. The number of para-hydroxylation sites is 1. The average Bonchev–Trinajstić information content (AvgIpc) is 3.25. The van der Waals surface area contributed by atoms with Crippen LogP contribution < -0.4 is 15.4 Å². The Balaban J connectivity index is 1.35. The van der Waals surface area contributed by atoms with Gasteiger partial charge in [0.25, 0.3) is 5.91 Å². The van der Waals surface area contributed by atoms with Crippen molar-refractivity contribution in [1.82, 2.24) is 20.4 Å². The molecule has 2 heterocycles. The molecule has 1 amide bonds. The molecule has 3 rings (SSSR count). The van der Waals surface area contributed by atoms with Gasteiger partial charge in [0.1, 0.15) is 12.4 Å². The number of piperazine rings is 1. The molecule has 0 spiro atoms. The standard InChI is InChI=1S/C24H35N5O3/c1-3-25-24(27-12-7-11-26-23(30)22-20(2)10-18-32-22)29-15-13-28(14-16-29)17-19-31-21-8-5-4-6-9-21/h4-6,8-10,18H,3,7,11-17,19H2,1-2H3,(H,25,27)(H,26,30). The van der Waals surface area contributed by atoms with Crippen molar-refractivity contribution >= 4 is 11.9 Å². The minimum atomic E-state index is -0.171. The monoisotopic (exact) mass is 441 g/mol. The molecule has 1 fully saturated rings. The third-order valence-electron chi connectivity index (χ3n) is 5.38. The Morgan fingerprint density at radius 1 is 1.12 bits per heavy atom. The van der Waals surface area contributed by atoms with Crippen LogP contribution in [-0.2, 0) is 0 Å². The van der Waals surface area contributed by atoms with E-state index in [9.17, 15) is 4.79 Å². The molecular weight excluding hydrogens is 406 g/mol. The van der Waals surface area contributed by atoms with E-state index in [-0.39, 0.29) is 5.91 Å². The highest BCUT2D eigenvalue weighted by Crippen LogP contribution is 2.09. The van der Waals surface area contributed by atoms with E-state index in [2.05, 4.69) is 27.4 Å². The van der Waals surface area contributed by atoms with Crippen LogP contribution in [0.25, 0.3) is 0 Å². The number of hydrogen-bond acceptors (Lipinski definition) is 5. The molecule has 2 N–H and O–H groups in total. The summed E-state index contributed by atoms with van der Waals surface area (Å²) >= 11 is 0. The quantitative estimate of drug-likeness (QED) is 0.335. The molecule has 0 unspecified atom stereocenters. The number of ether oxygens (including phenoxy) is 1. The molecule has 0 saturated carbocycles. The minimum absolute atomic E-state index is 0.171. The molecule has 1 aromatic heterocycles. The maximum atomic E-state index is 12.1. The summed E-state index contributed by atoms with van der Waals surface area (Å²) in [6, 6.07) is 11.7. The van der Waals surface area contributed by atoms with Crippen molar-refractivity contribution in [3.63, 3.8) is 0 Å². The molecule has 1 saturated heterocycles. The average molecular weight is 442 g/mol. The summed E-state index contributed by atoms with van der Waals surface area (Å²) in [7, 11) is 0. The summed E-state index contributed by atoms with van der Waals surface area (Å²) in [5, 5.41) is 6.29. The van der Waals surface area contributed by atoms with Gasteiger partial charge in [-0.15, -0.1) is 0 Å². The first-order valence-corrected chi connectivity index (χ1v) is 11.4. The maximum absolute atomic E-state index is 12.1. The second kappa shape index (κ2) is 12.8. The normalized spacial score (nSPS) is 14.9. The molecule has 174 valence electrons. The fraction of sp³-hybridized carbons (Fsp3) is 0.500. The number of hydrogen-bond donors (Lipinski definition) is 2. The van der Waals surface area contributed by atoms with Crippen LogP contribution in [0.15, 0.2) is 52.1 Å². The number of guanidine groups is 1. The van der Waals surface area contributed by atoms with Crippen molar-refractivity contribution in [1.29, 1.82) is 0 Å². The lowest BCUT2D eigenvalue weighted by atomic mass is 10.2. The number of carbonyl (C=O) groups is 1. The highest BCUT2D eigenvalue weighted by molar-refractivity contribution is 5.92. The van der Waals surface area contributed by atoms with Crippen molar-refractivity contribution in [3.05, 3.63) is 54.0 Å². The number of carbonyl (C=O) groups excluding carboxylic acids is 1. The zero-order chi connectivity index (χ0) is 22.6. The third-order valence-corrected chi connectivity index (χ3v) is 5.38. The van der Waals surface area contributed by atoms with E-state index < -0.39 is 0 Å². The summed E-state index contributed by atoms with van der Waals surface area (Å²) in [4.78, 5) is 21.6. The van der Waals surface area contributed by atoms with Crippen LogP contribution >= 0.6 is 0 Å². The first-order chi connectivity index (χ1) is 15.7. The summed E-state index contributed by atoms with van der Waals surface area (Å²) in [6.07, 6.45) is 2.31. The fourth-order valence-electron chi connectivity index (χ4n) is 3.57. The number of nitrogens with zero attached hydrogens (tertiary/aromatic N) is 3. The number of rotatable bonds is 10. The summed E-state index contributed by atoms with van der Waals surface area (Å²) < 4.78 is 11.0. The van der Waals surface area contributed by atoms with Crippen molar-refractivity contribution in [2.45, 2.75) is 20.3 Å². The molecule has 1 aliphatic rings. The van der Waals surface area contributed by atoms with Gasteiger partial charge in [-0.1, -0.05) is 18.2 Å². The lowest BCUT2D eigenvalue weighted by molar-refractivity contribution is 0.0925. The Kier molecular flexibility index (Phi) is 9.43. The van der Waals surface area contributed by atoms with Crippen LogP contribution in [0.1, 0.15) is 29.5 Å². The van der Waals surface area contributed by atoms with E-state index in [0.717, 1.165) is 63.0 Å². The fourth-order valence-corrected chi connectivity index (χ4v) is 3.57. The molecule has 0 radical (unpaired) electrons. The van der Waals surface area contributed by atoms with E-state index in [0.29, 0.717) is 25.5 Å². The van der Waals surface area contributed by atoms with Crippen LogP contribution in [0.2, 0.25) is 0 Å². The van der Waals surface area contributed by atoms with Gasteiger partial charge in [0.15, 0.2) is 11.7 Å². The molecule has 32 heavy (non-hydrogen) atoms. The van der Waals surface area contributed by atoms with E-state index in [4.69, 9.17) is 14.1 Å². The topological polar surface area (TPSA) is 82.3 Å². The zero-order valence-electron chi connectivity index (χ0n) is 19.2. The van der Waals surface area contributed by atoms with Gasteiger partial charge in [-0.2, -0.15) is 0 Å². The van der Waals surface area contributed by atoms with Crippen LogP contribution in [0.4, 0.5) is 0 Å².